The van der Waals surface area contributed by atoms with E-state index in [4.69, 9.17) is 9.47 Å². The third-order valence-corrected chi connectivity index (χ3v) is 2.29. The summed E-state index contributed by atoms with van der Waals surface area (Å²) in [5, 5.41) is 0. The molecule has 2 heteroatoms. The van der Waals surface area contributed by atoms with Gasteiger partial charge in [-0.2, -0.15) is 0 Å². The lowest BCUT2D eigenvalue weighted by molar-refractivity contribution is 0.0983. The molecule has 0 aromatic heterocycles. The fourth-order valence-electron chi connectivity index (χ4n) is 1.64. The van der Waals surface area contributed by atoms with Crippen molar-refractivity contribution in [1.29, 1.82) is 0 Å². The van der Waals surface area contributed by atoms with Crippen LogP contribution >= 0.6 is 0 Å². The topological polar surface area (TPSA) is 18.5 Å². The van der Waals surface area contributed by atoms with E-state index in [9.17, 15) is 0 Å². The van der Waals surface area contributed by atoms with E-state index in [1.165, 1.54) is 0 Å². The van der Waals surface area contributed by atoms with Crippen LogP contribution in [-0.2, 0) is 0 Å². The fourth-order valence-corrected chi connectivity index (χ4v) is 1.64. The Morgan fingerprint density at radius 2 is 1.87 bits per heavy atom. The second kappa shape index (κ2) is 5.06. The van der Waals surface area contributed by atoms with Crippen LogP contribution in [-0.4, -0.2) is 12.7 Å². The molecular formula is C13H20O2. The number of hydrogen-bond acceptors (Lipinski definition) is 2. The van der Waals surface area contributed by atoms with Gasteiger partial charge >= 0.3 is 0 Å². The minimum absolute atomic E-state index is 0.110. The first-order valence-electron chi connectivity index (χ1n) is 5.40. The highest BCUT2D eigenvalue weighted by Crippen LogP contribution is 2.25. The Morgan fingerprint density at radius 3 is 2.47 bits per heavy atom. The molecule has 0 spiro atoms. The zero-order chi connectivity index (χ0) is 11.3. The standard InChI is InChI=1S/C13H20O2/c1-5-9-13(2,3)15-12-8-6-7-11(10-12)14-4/h6-8,10H,5,9H2,1-4H3. The van der Waals surface area contributed by atoms with Gasteiger partial charge in [-0.05, 0) is 32.4 Å². The van der Waals surface area contributed by atoms with Crippen molar-refractivity contribution in [2.24, 2.45) is 0 Å². The van der Waals surface area contributed by atoms with Gasteiger partial charge in [0.15, 0.2) is 0 Å². The van der Waals surface area contributed by atoms with Crippen molar-refractivity contribution >= 4 is 0 Å². The molecule has 0 unspecified atom stereocenters. The summed E-state index contributed by atoms with van der Waals surface area (Å²) in [6, 6.07) is 7.73. The van der Waals surface area contributed by atoms with Crippen LogP contribution in [0.25, 0.3) is 0 Å². The third-order valence-electron chi connectivity index (χ3n) is 2.29. The van der Waals surface area contributed by atoms with Gasteiger partial charge in [-0.25, -0.2) is 0 Å². The smallest absolute Gasteiger partial charge is 0.123 e. The predicted molar refractivity (Wildman–Crippen MR) is 62.6 cm³/mol. The third kappa shape index (κ3) is 3.82. The number of rotatable bonds is 5. The van der Waals surface area contributed by atoms with Crippen molar-refractivity contribution in [3.05, 3.63) is 24.3 Å². The molecule has 1 rings (SSSR count). The van der Waals surface area contributed by atoms with Crippen LogP contribution in [0, 0.1) is 0 Å². The van der Waals surface area contributed by atoms with Crippen LogP contribution in [0.15, 0.2) is 24.3 Å². The van der Waals surface area contributed by atoms with Crippen LogP contribution < -0.4 is 9.47 Å². The molecule has 0 fully saturated rings. The van der Waals surface area contributed by atoms with E-state index in [1.54, 1.807) is 7.11 Å². The first-order valence-corrected chi connectivity index (χ1v) is 5.40. The van der Waals surface area contributed by atoms with E-state index >= 15 is 0 Å². The van der Waals surface area contributed by atoms with Gasteiger partial charge in [-0.1, -0.05) is 19.4 Å². The Kier molecular flexibility index (Phi) is 4.01. The zero-order valence-electron chi connectivity index (χ0n) is 10.0. The SMILES string of the molecule is CCCC(C)(C)Oc1cccc(OC)c1. The van der Waals surface area contributed by atoms with Gasteiger partial charge in [0.1, 0.15) is 17.1 Å². The number of hydrogen-bond donors (Lipinski definition) is 0. The van der Waals surface area contributed by atoms with Gasteiger partial charge in [-0.3, -0.25) is 0 Å². The number of ether oxygens (including phenoxy) is 2. The molecule has 0 aliphatic carbocycles. The summed E-state index contributed by atoms with van der Waals surface area (Å²) >= 11 is 0. The maximum Gasteiger partial charge on any atom is 0.123 e. The average molecular weight is 208 g/mol. The summed E-state index contributed by atoms with van der Waals surface area (Å²) in [5.41, 5.74) is -0.110. The van der Waals surface area contributed by atoms with Crippen molar-refractivity contribution < 1.29 is 9.47 Å². The van der Waals surface area contributed by atoms with Gasteiger partial charge in [-0.15, -0.1) is 0 Å². The van der Waals surface area contributed by atoms with Gasteiger partial charge < -0.3 is 9.47 Å². The Bertz CT molecular complexity index is 305. The Morgan fingerprint density at radius 1 is 1.20 bits per heavy atom. The monoisotopic (exact) mass is 208 g/mol. The molecule has 84 valence electrons. The molecule has 0 saturated heterocycles. The summed E-state index contributed by atoms with van der Waals surface area (Å²) in [4.78, 5) is 0. The van der Waals surface area contributed by atoms with Crippen LogP contribution in [0.4, 0.5) is 0 Å². The molecule has 0 atom stereocenters. The van der Waals surface area contributed by atoms with E-state index in [2.05, 4.69) is 20.8 Å². The summed E-state index contributed by atoms with van der Waals surface area (Å²) in [6.45, 7) is 6.38. The summed E-state index contributed by atoms with van der Waals surface area (Å²) in [6.07, 6.45) is 2.17. The first kappa shape index (κ1) is 11.9. The van der Waals surface area contributed by atoms with Gasteiger partial charge in [0.25, 0.3) is 0 Å². The van der Waals surface area contributed by atoms with E-state index < -0.39 is 0 Å². The Balaban J connectivity index is 2.71. The lowest BCUT2D eigenvalue weighted by Gasteiger charge is -2.26. The number of methoxy groups -OCH3 is 1. The van der Waals surface area contributed by atoms with Crippen LogP contribution in [0.1, 0.15) is 33.6 Å². The van der Waals surface area contributed by atoms with Crippen molar-refractivity contribution in [2.75, 3.05) is 7.11 Å². The highest BCUT2D eigenvalue weighted by molar-refractivity contribution is 5.33. The minimum atomic E-state index is -0.110. The molecule has 0 radical (unpaired) electrons. The first-order chi connectivity index (χ1) is 7.07. The normalized spacial score (nSPS) is 11.2. The van der Waals surface area contributed by atoms with Crippen molar-refractivity contribution in [3.63, 3.8) is 0 Å². The highest BCUT2D eigenvalue weighted by atomic mass is 16.5. The second-order valence-corrected chi connectivity index (χ2v) is 4.29. The molecule has 0 aliphatic heterocycles. The van der Waals surface area contributed by atoms with E-state index in [0.29, 0.717) is 0 Å². The van der Waals surface area contributed by atoms with Gasteiger partial charge in [0.2, 0.25) is 0 Å². The molecule has 0 heterocycles. The number of benzene rings is 1. The Hall–Kier alpha value is -1.18. The highest BCUT2D eigenvalue weighted by Gasteiger charge is 2.18. The molecule has 0 bridgehead atoms. The van der Waals surface area contributed by atoms with E-state index in [1.807, 2.05) is 24.3 Å². The molecule has 0 N–H and O–H groups in total. The molecule has 0 amide bonds. The summed E-state index contributed by atoms with van der Waals surface area (Å²) < 4.78 is 11.1. The lowest BCUT2D eigenvalue weighted by atomic mass is 10.0. The maximum atomic E-state index is 5.90. The van der Waals surface area contributed by atoms with Crippen LogP contribution in [0.5, 0.6) is 11.5 Å². The molecule has 1 aromatic carbocycles. The maximum absolute atomic E-state index is 5.90. The fraction of sp³-hybridized carbons (Fsp3) is 0.538. The molecule has 2 nitrogen and oxygen atoms in total. The van der Waals surface area contributed by atoms with Crippen molar-refractivity contribution in [2.45, 2.75) is 39.2 Å². The van der Waals surface area contributed by atoms with Crippen LogP contribution in [0.3, 0.4) is 0 Å². The minimum Gasteiger partial charge on any atom is -0.497 e. The second-order valence-electron chi connectivity index (χ2n) is 4.29. The molecular weight excluding hydrogens is 188 g/mol. The largest absolute Gasteiger partial charge is 0.497 e. The lowest BCUT2D eigenvalue weighted by Crippen LogP contribution is -2.27. The molecule has 0 saturated carbocycles. The Labute approximate surface area is 92.2 Å². The van der Waals surface area contributed by atoms with E-state index in [0.717, 1.165) is 24.3 Å². The van der Waals surface area contributed by atoms with Crippen molar-refractivity contribution in [3.8, 4) is 11.5 Å². The summed E-state index contributed by atoms with van der Waals surface area (Å²) in [5.74, 6) is 1.70. The molecule has 1 aromatic rings. The van der Waals surface area contributed by atoms with Gasteiger partial charge in [0.05, 0.1) is 7.11 Å². The van der Waals surface area contributed by atoms with E-state index in [-0.39, 0.29) is 5.60 Å². The molecule has 15 heavy (non-hydrogen) atoms. The summed E-state index contributed by atoms with van der Waals surface area (Å²) in [7, 11) is 1.66. The van der Waals surface area contributed by atoms with Crippen molar-refractivity contribution in [1.82, 2.24) is 0 Å². The quantitative estimate of drug-likeness (QED) is 0.735. The zero-order valence-corrected chi connectivity index (χ0v) is 10.0. The predicted octanol–water partition coefficient (Wildman–Crippen LogP) is 3.65. The van der Waals surface area contributed by atoms with Gasteiger partial charge in [0, 0.05) is 6.07 Å². The van der Waals surface area contributed by atoms with Crippen LogP contribution in [0.2, 0.25) is 0 Å². The average Bonchev–Trinajstić information content (AvgIpc) is 2.17. The molecule has 0 aliphatic rings.